The fourth-order valence-electron chi connectivity index (χ4n) is 2.54. The molecule has 21 heavy (non-hydrogen) atoms. The van der Waals surface area contributed by atoms with Crippen LogP contribution in [-0.4, -0.2) is 40.5 Å². The molecule has 0 atom stereocenters. The average molecular weight is 285 g/mol. The highest BCUT2D eigenvalue weighted by Crippen LogP contribution is 2.14. The standard InChI is InChI=1S/C16H19N3O2/c1-12-9-13(2)19(17-12)15-5-3-14(4-6-15)10-16(20)18-7-8-21-11-18/h3-6,9H,7-8,10-11H2,1-2H3. The lowest BCUT2D eigenvalue weighted by atomic mass is 10.1. The van der Waals surface area contributed by atoms with Crippen molar-refractivity contribution in [3.8, 4) is 5.69 Å². The largest absolute Gasteiger partial charge is 0.359 e. The third-order valence-corrected chi connectivity index (χ3v) is 3.65. The van der Waals surface area contributed by atoms with E-state index in [2.05, 4.69) is 5.10 Å². The third kappa shape index (κ3) is 2.97. The van der Waals surface area contributed by atoms with Gasteiger partial charge in [-0.05, 0) is 37.6 Å². The highest BCUT2D eigenvalue weighted by Gasteiger charge is 2.18. The molecule has 110 valence electrons. The molecule has 3 rings (SSSR count). The summed E-state index contributed by atoms with van der Waals surface area (Å²) < 4.78 is 7.11. The van der Waals surface area contributed by atoms with Gasteiger partial charge in [0.05, 0.1) is 24.4 Å². The van der Waals surface area contributed by atoms with E-state index in [4.69, 9.17) is 4.74 Å². The van der Waals surface area contributed by atoms with Crippen LogP contribution in [-0.2, 0) is 16.0 Å². The van der Waals surface area contributed by atoms with E-state index in [1.165, 1.54) is 0 Å². The Kier molecular flexibility index (Phi) is 3.75. The van der Waals surface area contributed by atoms with Crippen molar-refractivity contribution in [1.82, 2.24) is 14.7 Å². The molecule has 0 aliphatic carbocycles. The summed E-state index contributed by atoms with van der Waals surface area (Å²) in [5.74, 6) is 0.117. The predicted molar refractivity (Wildman–Crippen MR) is 79.3 cm³/mol. The number of hydrogen-bond acceptors (Lipinski definition) is 3. The molecular formula is C16H19N3O2. The number of carbonyl (C=O) groups is 1. The normalized spacial score (nSPS) is 14.7. The van der Waals surface area contributed by atoms with Gasteiger partial charge < -0.3 is 9.64 Å². The van der Waals surface area contributed by atoms with Crippen LogP contribution in [0.1, 0.15) is 17.0 Å². The Morgan fingerprint density at radius 3 is 2.62 bits per heavy atom. The van der Waals surface area contributed by atoms with Crippen molar-refractivity contribution in [2.24, 2.45) is 0 Å². The fraction of sp³-hybridized carbons (Fsp3) is 0.375. The van der Waals surface area contributed by atoms with Crippen LogP contribution in [0.5, 0.6) is 0 Å². The molecule has 1 fully saturated rings. The number of hydrogen-bond donors (Lipinski definition) is 0. The summed E-state index contributed by atoms with van der Waals surface area (Å²) in [6, 6.07) is 10.0. The summed E-state index contributed by atoms with van der Waals surface area (Å²) in [7, 11) is 0. The van der Waals surface area contributed by atoms with Gasteiger partial charge in [0.1, 0.15) is 6.73 Å². The first-order chi connectivity index (χ1) is 10.1. The van der Waals surface area contributed by atoms with Crippen molar-refractivity contribution in [3.63, 3.8) is 0 Å². The summed E-state index contributed by atoms with van der Waals surface area (Å²) in [4.78, 5) is 13.8. The van der Waals surface area contributed by atoms with Crippen LogP contribution in [0.15, 0.2) is 30.3 Å². The predicted octanol–water partition coefficient (Wildman–Crippen LogP) is 1.85. The minimum Gasteiger partial charge on any atom is -0.359 e. The van der Waals surface area contributed by atoms with Crippen molar-refractivity contribution in [2.75, 3.05) is 19.9 Å². The molecule has 1 aromatic carbocycles. The molecule has 1 aromatic heterocycles. The van der Waals surface area contributed by atoms with Crippen molar-refractivity contribution in [1.29, 1.82) is 0 Å². The van der Waals surface area contributed by atoms with Gasteiger partial charge in [-0.3, -0.25) is 4.79 Å². The second-order valence-electron chi connectivity index (χ2n) is 5.38. The Hall–Kier alpha value is -2.14. The van der Waals surface area contributed by atoms with Gasteiger partial charge in [0.2, 0.25) is 5.91 Å². The van der Waals surface area contributed by atoms with Crippen molar-refractivity contribution >= 4 is 5.91 Å². The zero-order chi connectivity index (χ0) is 14.8. The first-order valence-corrected chi connectivity index (χ1v) is 7.11. The Morgan fingerprint density at radius 1 is 1.29 bits per heavy atom. The topological polar surface area (TPSA) is 47.4 Å². The maximum atomic E-state index is 12.1. The average Bonchev–Trinajstić information content (AvgIpc) is 3.09. The lowest BCUT2D eigenvalue weighted by Gasteiger charge is -2.13. The van der Waals surface area contributed by atoms with Gasteiger partial charge >= 0.3 is 0 Å². The second kappa shape index (κ2) is 5.69. The molecule has 5 nitrogen and oxygen atoms in total. The molecule has 0 saturated carbocycles. The zero-order valence-electron chi connectivity index (χ0n) is 12.4. The lowest BCUT2D eigenvalue weighted by Crippen LogP contribution is -2.29. The van der Waals surface area contributed by atoms with Gasteiger partial charge in [-0.2, -0.15) is 5.10 Å². The number of benzene rings is 1. The SMILES string of the molecule is Cc1cc(C)n(-c2ccc(CC(=O)N3CCOC3)cc2)n1. The number of carbonyl (C=O) groups excluding carboxylic acids is 1. The van der Waals surface area contributed by atoms with E-state index in [9.17, 15) is 4.79 Å². The van der Waals surface area contributed by atoms with Gasteiger partial charge in [-0.25, -0.2) is 4.68 Å². The molecule has 0 N–H and O–H groups in total. The molecule has 1 aliphatic heterocycles. The van der Waals surface area contributed by atoms with Crippen LogP contribution in [0.25, 0.3) is 5.69 Å². The maximum Gasteiger partial charge on any atom is 0.228 e. The van der Waals surface area contributed by atoms with Crippen molar-refractivity contribution in [2.45, 2.75) is 20.3 Å². The second-order valence-corrected chi connectivity index (χ2v) is 5.38. The summed E-state index contributed by atoms with van der Waals surface area (Å²) in [5, 5.41) is 4.46. The van der Waals surface area contributed by atoms with E-state index >= 15 is 0 Å². The number of nitrogens with zero attached hydrogens (tertiary/aromatic N) is 3. The fourth-order valence-corrected chi connectivity index (χ4v) is 2.54. The molecule has 0 radical (unpaired) electrons. The van der Waals surface area contributed by atoms with Crippen LogP contribution in [0, 0.1) is 13.8 Å². The Balaban J connectivity index is 1.72. The zero-order valence-corrected chi connectivity index (χ0v) is 12.4. The van der Waals surface area contributed by atoms with E-state index in [0.29, 0.717) is 26.3 Å². The number of ether oxygens (including phenoxy) is 1. The molecule has 0 bridgehead atoms. The summed E-state index contributed by atoms with van der Waals surface area (Å²) >= 11 is 0. The minimum atomic E-state index is 0.117. The van der Waals surface area contributed by atoms with E-state index in [1.54, 1.807) is 4.90 Å². The number of rotatable bonds is 3. The van der Waals surface area contributed by atoms with Gasteiger partial charge in [-0.15, -0.1) is 0 Å². The summed E-state index contributed by atoms with van der Waals surface area (Å²) in [6.07, 6.45) is 0.417. The first-order valence-electron chi connectivity index (χ1n) is 7.11. The van der Waals surface area contributed by atoms with E-state index in [-0.39, 0.29) is 5.91 Å². The third-order valence-electron chi connectivity index (χ3n) is 3.65. The Bertz CT molecular complexity index is 640. The maximum absolute atomic E-state index is 12.1. The lowest BCUT2D eigenvalue weighted by molar-refractivity contribution is -0.130. The molecule has 1 aliphatic rings. The summed E-state index contributed by atoms with van der Waals surface area (Å²) in [6.45, 7) is 5.77. The van der Waals surface area contributed by atoms with Crippen LogP contribution < -0.4 is 0 Å². The molecular weight excluding hydrogens is 266 g/mol. The van der Waals surface area contributed by atoms with Gasteiger partial charge in [0, 0.05) is 12.2 Å². The Morgan fingerprint density at radius 2 is 2.05 bits per heavy atom. The number of aromatic nitrogens is 2. The van der Waals surface area contributed by atoms with E-state index in [1.807, 2.05) is 48.9 Å². The first kappa shape index (κ1) is 13.8. The molecule has 2 aromatic rings. The van der Waals surface area contributed by atoms with Crippen LogP contribution >= 0.6 is 0 Å². The number of amides is 1. The van der Waals surface area contributed by atoms with Crippen LogP contribution in [0.4, 0.5) is 0 Å². The quantitative estimate of drug-likeness (QED) is 0.864. The molecule has 0 spiro atoms. The molecule has 5 heteroatoms. The summed E-state index contributed by atoms with van der Waals surface area (Å²) in [5.41, 5.74) is 4.13. The Labute approximate surface area is 124 Å². The molecule has 1 amide bonds. The molecule has 1 saturated heterocycles. The van der Waals surface area contributed by atoms with Crippen molar-refractivity contribution < 1.29 is 9.53 Å². The van der Waals surface area contributed by atoms with E-state index in [0.717, 1.165) is 22.6 Å². The van der Waals surface area contributed by atoms with E-state index < -0.39 is 0 Å². The van der Waals surface area contributed by atoms with Gasteiger partial charge in [0.15, 0.2) is 0 Å². The molecule has 0 unspecified atom stereocenters. The van der Waals surface area contributed by atoms with Crippen LogP contribution in [0.2, 0.25) is 0 Å². The van der Waals surface area contributed by atoms with Gasteiger partial charge in [0.25, 0.3) is 0 Å². The monoisotopic (exact) mass is 285 g/mol. The minimum absolute atomic E-state index is 0.117. The number of aryl methyl sites for hydroxylation is 2. The highest BCUT2D eigenvalue weighted by molar-refractivity contribution is 5.78. The van der Waals surface area contributed by atoms with Crippen molar-refractivity contribution in [3.05, 3.63) is 47.3 Å². The smallest absolute Gasteiger partial charge is 0.228 e. The van der Waals surface area contributed by atoms with Crippen LogP contribution in [0.3, 0.4) is 0 Å². The highest BCUT2D eigenvalue weighted by atomic mass is 16.5. The molecule has 2 heterocycles. The van der Waals surface area contributed by atoms with Gasteiger partial charge in [-0.1, -0.05) is 12.1 Å².